The molecule has 4 heteroatoms. The molecule has 3 atom stereocenters. The van der Waals surface area contributed by atoms with Gasteiger partial charge in [-0.2, -0.15) is 0 Å². The quantitative estimate of drug-likeness (QED) is 0.841. The van der Waals surface area contributed by atoms with Gasteiger partial charge in [0.15, 0.2) is 0 Å². The lowest BCUT2D eigenvalue weighted by Crippen LogP contribution is -2.48. The predicted octanol–water partition coefficient (Wildman–Crippen LogP) is 3.38. The van der Waals surface area contributed by atoms with E-state index >= 15 is 0 Å². The first-order valence-corrected chi connectivity index (χ1v) is 8.32. The minimum absolute atomic E-state index is 0.0945. The number of fused-ring (bicyclic) bond motifs is 2. The van der Waals surface area contributed by atoms with E-state index in [1.807, 2.05) is 31.2 Å². The van der Waals surface area contributed by atoms with E-state index in [1.54, 1.807) is 0 Å². The topological polar surface area (TPSA) is 66.4 Å². The Morgan fingerprint density at radius 3 is 2.52 bits per heavy atom. The number of carboxylic acids is 1. The van der Waals surface area contributed by atoms with E-state index in [-0.39, 0.29) is 17.2 Å². The lowest BCUT2D eigenvalue weighted by atomic mass is 9.58. The van der Waals surface area contributed by atoms with Gasteiger partial charge in [-0.05, 0) is 56.1 Å². The van der Waals surface area contributed by atoms with Gasteiger partial charge < -0.3 is 10.4 Å². The highest BCUT2D eigenvalue weighted by atomic mass is 16.4. The van der Waals surface area contributed by atoms with Gasteiger partial charge in [0.25, 0.3) is 0 Å². The SMILES string of the molecule is Cc1ccc(NC(=O)C2C3=CC4(CC4)C(CC3)C2C(=O)O)cc1. The highest BCUT2D eigenvalue weighted by Gasteiger charge is 2.60. The van der Waals surface area contributed by atoms with Crippen LogP contribution in [0.3, 0.4) is 0 Å². The molecule has 1 aromatic carbocycles. The Bertz CT molecular complexity index is 700. The fourth-order valence-corrected chi connectivity index (χ4v) is 4.57. The number of aliphatic carboxylic acids is 1. The summed E-state index contributed by atoms with van der Waals surface area (Å²) in [6, 6.07) is 7.60. The average Bonchev–Trinajstić information content (AvgIpc) is 3.28. The van der Waals surface area contributed by atoms with E-state index in [4.69, 9.17) is 0 Å². The molecule has 0 saturated heterocycles. The average molecular weight is 311 g/mol. The first kappa shape index (κ1) is 14.5. The summed E-state index contributed by atoms with van der Waals surface area (Å²) in [5, 5.41) is 12.6. The van der Waals surface area contributed by atoms with Crippen molar-refractivity contribution in [2.24, 2.45) is 23.2 Å². The Morgan fingerprint density at radius 2 is 1.91 bits per heavy atom. The molecule has 4 aliphatic carbocycles. The Kier molecular flexibility index (Phi) is 3.12. The Labute approximate surface area is 135 Å². The van der Waals surface area contributed by atoms with Crippen molar-refractivity contribution < 1.29 is 14.7 Å². The normalized spacial score (nSPS) is 30.0. The van der Waals surface area contributed by atoms with Gasteiger partial charge in [-0.25, -0.2) is 0 Å². The summed E-state index contributed by atoms with van der Waals surface area (Å²) in [6.45, 7) is 1.99. The van der Waals surface area contributed by atoms with Crippen molar-refractivity contribution in [3.8, 4) is 0 Å². The molecule has 2 bridgehead atoms. The standard InChI is InChI=1S/C19H21NO3/c1-11-2-5-13(6-3-11)20-17(21)15-12-4-7-14(16(15)18(22)23)19(10-12)8-9-19/h2-3,5-6,10,14-16H,4,7-9H2,1H3,(H,20,21)(H,22,23). The number of nitrogens with one attached hydrogen (secondary N) is 1. The van der Waals surface area contributed by atoms with E-state index in [2.05, 4.69) is 11.4 Å². The second kappa shape index (κ2) is 4.95. The summed E-state index contributed by atoms with van der Waals surface area (Å²) in [7, 11) is 0. The highest BCUT2D eigenvalue weighted by molar-refractivity contribution is 5.97. The van der Waals surface area contributed by atoms with Crippen molar-refractivity contribution in [2.75, 3.05) is 5.32 Å². The first-order chi connectivity index (χ1) is 11.0. The molecular formula is C19H21NO3. The number of rotatable bonds is 3. The van der Waals surface area contributed by atoms with E-state index in [0.29, 0.717) is 0 Å². The number of benzene rings is 1. The summed E-state index contributed by atoms with van der Waals surface area (Å²) in [5.41, 5.74) is 2.99. The minimum atomic E-state index is -0.823. The Morgan fingerprint density at radius 1 is 1.22 bits per heavy atom. The summed E-state index contributed by atoms with van der Waals surface area (Å²) < 4.78 is 0. The number of hydrogen-bond donors (Lipinski definition) is 2. The molecule has 4 nitrogen and oxygen atoms in total. The fourth-order valence-electron chi connectivity index (χ4n) is 4.57. The number of carbonyl (C=O) groups is 2. The number of amides is 1. The Balaban J connectivity index is 1.62. The molecule has 0 aliphatic heterocycles. The van der Waals surface area contributed by atoms with Crippen LogP contribution in [0.5, 0.6) is 0 Å². The Hall–Kier alpha value is -2.10. The third kappa shape index (κ3) is 2.28. The van der Waals surface area contributed by atoms with Crippen molar-refractivity contribution in [1.82, 2.24) is 0 Å². The molecule has 1 aromatic rings. The van der Waals surface area contributed by atoms with Crippen LogP contribution in [0.1, 0.15) is 31.2 Å². The molecule has 2 N–H and O–H groups in total. The molecule has 0 aromatic heterocycles. The van der Waals surface area contributed by atoms with Crippen LogP contribution >= 0.6 is 0 Å². The fraction of sp³-hybridized carbons (Fsp3) is 0.474. The molecule has 4 aliphatic rings. The van der Waals surface area contributed by atoms with Crippen molar-refractivity contribution in [3.63, 3.8) is 0 Å². The molecular weight excluding hydrogens is 290 g/mol. The van der Waals surface area contributed by atoms with Gasteiger partial charge in [0.2, 0.25) is 5.91 Å². The molecule has 0 heterocycles. The van der Waals surface area contributed by atoms with Crippen LogP contribution in [-0.4, -0.2) is 17.0 Å². The third-order valence-corrected chi connectivity index (χ3v) is 5.86. The molecule has 2 fully saturated rings. The first-order valence-electron chi connectivity index (χ1n) is 8.32. The molecule has 1 spiro atoms. The number of carbonyl (C=O) groups excluding carboxylic acids is 1. The van der Waals surface area contributed by atoms with Gasteiger partial charge in [-0.15, -0.1) is 0 Å². The predicted molar refractivity (Wildman–Crippen MR) is 86.9 cm³/mol. The van der Waals surface area contributed by atoms with Crippen molar-refractivity contribution >= 4 is 17.6 Å². The van der Waals surface area contributed by atoms with Gasteiger partial charge in [0.1, 0.15) is 0 Å². The number of hydrogen-bond acceptors (Lipinski definition) is 2. The second-order valence-corrected chi connectivity index (χ2v) is 7.29. The molecule has 1 amide bonds. The lowest BCUT2D eigenvalue weighted by Gasteiger charge is -2.45. The molecule has 120 valence electrons. The van der Waals surface area contributed by atoms with Gasteiger partial charge in [0.05, 0.1) is 11.8 Å². The van der Waals surface area contributed by atoms with Crippen molar-refractivity contribution in [1.29, 1.82) is 0 Å². The van der Waals surface area contributed by atoms with Crippen LogP contribution in [0.4, 0.5) is 5.69 Å². The maximum Gasteiger partial charge on any atom is 0.307 e. The largest absolute Gasteiger partial charge is 0.481 e. The molecule has 3 unspecified atom stereocenters. The zero-order valence-corrected chi connectivity index (χ0v) is 13.2. The monoisotopic (exact) mass is 311 g/mol. The smallest absolute Gasteiger partial charge is 0.307 e. The molecule has 5 rings (SSSR count). The van der Waals surface area contributed by atoms with Gasteiger partial charge in [-0.1, -0.05) is 29.3 Å². The zero-order valence-electron chi connectivity index (χ0n) is 13.2. The third-order valence-electron chi connectivity index (χ3n) is 5.86. The van der Waals surface area contributed by atoms with Crippen LogP contribution in [0.2, 0.25) is 0 Å². The summed E-state index contributed by atoms with van der Waals surface area (Å²) in [4.78, 5) is 24.6. The highest BCUT2D eigenvalue weighted by Crippen LogP contribution is 2.65. The summed E-state index contributed by atoms with van der Waals surface area (Å²) in [6.07, 6.45) is 6.17. The van der Waals surface area contributed by atoms with Crippen molar-refractivity contribution in [3.05, 3.63) is 41.5 Å². The summed E-state index contributed by atoms with van der Waals surface area (Å²) >= 11 is 0. The second-order valence-electron chi connectivity index (χ2n) is 7.29. The van der Waals surface area contributed by atoms with Crippen LogP contribution < -0.4 is 5.32 Å². The zero-order chi connectivity index (χ0) is 16.2. The van der Waals surface area contributed by atoms with Crippen LogP contribution in [0, 0.1) is 30.1 Å². The van der Waals surface area contributed by atoms with Crippen LogP contribution in [0.25, 0.3) is 0 Å². The van der Waals surface area contributed by atoms with Crippen molar-refractivity contribution in [2.45, 2.75) is 32.6 Å². The number of anilines is 1. The van der Waals surface area contributed by atoms with E-state index in [1.165, 1.54) is 0 Å². The maximum absolute atomic E-state index is 12.8. The maximum atomic E-state index is 12.8. The summed E-state index contributed by atoms with van der Waals surface area (Å²) in [5.74, 6) is -1.97. The van der Waals surface area contributed by atoms with E-state index in [9.17, 15) is 14.7 Å². The molecule has 0 radical (unpaired) electrons. The lowest BCUT2D eigenvalue weighted by molar-refractivity contribution is -0.151. The molecule has 23 heavy (non-hydrogen) atoms. The number of carboxylic acid groups (broad SMARTS) is 1. The molecule has 2 saturated carbocycles. The van der Waals surface area contributed by atoms with Crippen LogP contribution in [0.15, 0.2) is 35.9 Å². The van der Waals surface area contributed by atoms with E-state index < -0.39 is 17.8 Å². The van der Waals surface area contributed by atoms with E-state index in [0.717, 1.165) is 42.5 Å². The minimum Gasteiger partial charge on any atom is -0.481 e. The van der Waals surface area contributed by atoms with Gasteiger partial charge >= 0.3 is 5.97 Å². The van der Waals surface area contributed by atoms with Crippen LogP contribution in [-0.2, 0) is 9.59 Å². The number of allylic oxidation sites excluding steroid dienone is 1. The van der Waals surface area contributed by atoms with Gasteiger partial charge in [-0.3, -0.25) is 9.59 Å². The van der Waals surface area contributed by atoms with Gasteiger partial charge in [0, 0.05) is 5.69 Å². The number of aryl methyl sites for hydroxylation is 1.